The van der Waals surface area contributed by atoms with Gasteiger partial charge in [-0.25, -0.2) is 0 Å². The number of hydrogen-bond donors (Lipinski definition) is 3. The highest BCUT2D eigenvalue weighted by Crippen LogP contribution is 2.48. The van der Waals surface area contributed by atoms with Gasteiger partial charge in [0.1, 0.15) is 12.1 Å². The van der Waals surface area contributed by atoms with Gasteiger partial charge in [0.2, 0.25) is 11.8 Å². The maximum absolute atomic E-state index is 14.6. The van der Waals surface area contributed by atoms with Crippen molar-refractivity contribution in [1.82, 2.24) is 10.6 Å². The van der Waals surface area contributed by atoms with E-state index < -0.39 is 40.9 Å². The smallest absolute Gasteiger partial charge is 0.368 e. The van der Waals surface area contributed by atoms with Crippen LogP contribution in [-0.2, 0) is 14.3 Å². The molecule has 0 aliphatic heterocycles. The molecule has 0 saturated heterocycles. The zero-order chi connectivity index (χ0) is 37.7. The van der Waals surface area contributed by atoms with Crippen LogP contribution in [0.1, 0.15) is 47.9 Å². The number of halogens is 4. The first-order valence-corrected chi connectivity index (χ1v) is 19.5. The fraction of sp³-hybridized carbons (Fsp3) is 0.268. The summed E-state index contributed by atoms with van der Waals surface area (Å²) in [6.45, 7) is 3.67. The highest BCUT2D eigenvalue weighted by molar-refractivity contribution is 9.09. The summed E-state index contributed by atoms with van der Waals surface area (Å²) in [6, 6.07) is 33.6. The number of rotatable bonds is 14. The van der Waals surface area contributed by atoms with E-state index in [4.69, 9.17) is 12.2 Å². The second-order valence-electron chi connectivity index (χ2n) is 12.4. The summed E-state index contributed by atoms with van der Waals surface area (Å²) in [5, 5.41) is 6.69. The van der Waals surface area contributed by atoms with Gasteiger partial charge in [0, 0.05) is 15.3 Å². The van der Waals surface area contributed by atoms with E-state index in [-0.39, 0.29) is 23.0 Å². The third kappa shape index (κ3) is 10.5. The summed E-state index contributed by atoms with van der Waals surface area (Å²) in [5.41, 5.74) is 8.74. The van der Waals surface area contributed by atoms with E-state index in [2.05, 4.69) is 32.5 Å². The molecule has 0 radical (unpaired) electrons. The van der Waals surface area contributed by atoms with Crippen molar-refractivity contribution in [3.8, 4) is 12.3 Å². The van der Waals surface area contributed by atoms with Crippen molar-refractivity contribution in [2.45, 2.75) is 49.3 Å². The van der Waals surface area contributed by atoms with Crippen LogP contribution in [-0.4, -0.2) is 41.2 Å². The van der Waals surface area contributed by atoms with Crippen molar-refractivity contribution < 1.29 is 22.8 Å². The van der Waals surface area contributed by atoms with Gasteiger partial charge in [-0.05, 0) is 46.5 Å². The summed E-state index contributed by atoms with van der Waals surface area (Å²) in [4.78, 5) is 26.8. The number of amides is 2. The fourth-order valence-electron chi connectivity index (χ4n) is 5.85. The Kier molecular flexibility index (Phi) is 15.0. The molecule has 0 spiro atoms. The molecule has 272 valence electrons. The molecule has 3 atom stereocenters. The van der Waals surface area contributed by atoms with E-state index >= 15 is 0 Å². The molecule has 11 heteroatoms. The lowest BCUT2D eigenvalue weighted by molar-refractivity contribution is -0.160. The van der Waals surface area contributed by atoms with Crippen LogP contribution in [0.5, 0.6) is 0 Å². The molecule has 0 aliphatic rings. The Hall–Kier alpha value is -4.08. The molecule has 0 saturated carbocycles. The minimum atomic E-state index is -4.67. The Bertz CT molecular complexity index is 1790. The Balaban J connectivity index is 0.00000144. The van der Waals surface area contributed by atoms with Crippen molar-refractivity contribution in [2.24, 2.45) is 11.7 Å². The molecule has 3 unspecified atom stereocenters. The standard InChI is InChI=1S/C38H38F3N3O2S2.C3H3Br/c1-25(2)22-30(43-34(38(39,40)41)33-23-26-14-12-13-21-32(26)48-33)36(46)44-31(35(42)45)24-47-37(27-15-6-3-7-16-27,28-17-8-4-9-18-28)29-19-10-5-11-20-29;1-2-3-4/h3-21,23,25,30-31,34,43H,22,24H2,1-2H3,(H2,42,45)(H,44,46);1H,3H2. The number of fused-ring (bicyclic) bond motifs is 1. The van der Waals surface area contributed by atoms with Crippen LogP contribution < -0.4 is 16.4 Å². The number of alkyl halides is 4. The summed E-state index contributed by atoms with van der Waals surface area (Å²) in [7, 11) is 0. The molecule has 52 heavy (non-hydrogen) atoms. The summed E-state index contributed by atoms with van der Waals surface area (Å²) in [6.07, 6.45) is 0.175. The predicted molar refractivity (Wildman–Crippen MR) is 212 cm³/mol. The van der Waals surface area contributed by atoms with Gasteiger partial charge in [0.05, 0.1) is 16.1 Å². The Morgan fingerprint density at radius 2 is 1.33 bits per heavy atom. The quantitative estimate of drug-likeness (QED) is 0.0594. The molecule has 5 aromatic rings. The number of benzene rings is 4. The number of nitrogens with one attached hydrogen (secondary N) is 2. The minimum absolute atomic E-state index is 0.0608. The molecule has 1 heterocycles. The third-order valence-corrected chi connectivity index (χ3v) is 11.3. The largest absolute Gasteiger partial charge is 0.408 e. The van der Waals surface area contributed by atoms with Gasteiger partial charge in [0.25, 0.3) is 0 Å². The Labute approximate surface area is 320 Å². The second kappa shape index (κ2) is 19.1. The fourth-order valence-corrected chi connectivity index (χ4v) is 8.57. The molecule has 4 N–H and O–H groups in total. The van der Waals surface area contributed by atoms with Crippen LogP contribution in [0, 0.1) is 18.3 Å². The van der Waals surface area contributed by atoms with E-state index in [1.807, 2.05) is 105 Å². The van der Waals surface area contributed by atoms with Crippen molar-refractivity contribution in [3.05, 3.63) is 143 Å². The summed E-state index contributed by atoms with van der Waals surface area (Å²) >= 11 is 5.48. The zero-order valence-electron chi connectivity index (χ0n) is 28.8. The van der Waals surface area contributed by atoms with Crippen molar-refractivity contribution in [3.63, 3.8) is 0 Å². The predicted octanol–water partition coefficient (Wildman–Crippen LogP) is 9.22. The van der Waals surface area contributed by atoms with Gasteiger partial charge >= 0.3 is 6.18 Å². The van der Waals surface area contributed by atoms with Crippen LogP contribution in [0.2, 0.25) is 0 Å². The number of thiophene rings is 1. The van der Waals surface area contributed by atoms with Crippen LogP contribution in [0.25, 0.3) is 10.1 Å². The number of thioether (sulfide) groups is 1. The lowest BCUT2D eigenvalue weighted by Crippen LogP contribution is -2.55. The number of nitrogens with two attached hydrogens (primary N) is 1. The van der Waals surface area contributed by atoms with Gasteiger partial charge < -0.3 is 11.1 Å². The lowest BCUT2D eigenvalue weighted by Gasteiger charge is -2.36. The third-order valence-electron chi connectivity index (χ3n) is 8.19. The molecule has 5 nitrogen and oxygen atoms in total. The average molecular weight is 809 g/mol. The Morgan fingerprint density at radius 3 is 1.75 bits per heavy atom. The minimum Gasteiger partial charge on any atom is -0.368 e. The Morgan fingerprint density at radius 1 is 0.846 bits per heavy atom. The summed E-state index contributed by atoms with van der Waals surface area (Å²) < 4.78 is 43.6. The molecular formula is C41H41BrF3N3O2S2. The normalized spacial score (nSPS) is 13.3. The molecular weight excluding hydrogens is 768 g/mol. The molecule has 0 aliphatic carbocycles. The second-order valence-corrected chi connectivity index (χ2v) is 15.3. The first-order valence-electron chi connectivity index (χ1n) is 16.6. The van der Waals surface area contributed by atoms with E-state index in [1.165, 1.54) is 17.8 Å². The number of terminal acetylenes is 1. The molecule has 1 aromatic heterocycles. The maximum Gasteiger partial charge on any atom is 0.408 e. The highest BCUT2D eigenvalue weighted by Gasteiger charge is 2.44. The molecule has 0 bridgehead atoms. The van der Waals surface area contributed by atoms with Crippen LogP contribution >= 0.6 is 39.0 Å². The van der Waals surface area contributed by atoms with Gasteiger partial charge in [-0.1, -0.05) is 145 Å². The zero-order valence-corrected chi connectivity index (χ0v) is 32.0. The molecule has 2 amide bonds. The number of carbonyl (C=O) groups is 2. The topological polar surface area (TPSA) is 84.2 Å². The molecule has 4 aromatic carbocycles. The number of primary amides is 1. The van der Waals surface area contributed by atoms with E-state index in [0.29, 0.717) is 10.7 Å². The molecule has 0 fully saturated rings. The van der Waals surface area contributed by atoms with Gasteiger partial charge in [-0.15, -0.1) is 29.5 Å². The van der Waals surface area contributed by atoms with Crippen LogP contribution in [0.4, 0.5) is 13.2 Å². The first-order chi connectivity index (χ1) is 24.9. The van der Waals surface area contributed by atoms with E-state index in [9.17, 15) is 22.8 Å². The van der Waals surface area contributed by atoms with Gasteiger partial charge in [-0.2, -0.15) is 13.2 Å². The number of hydrogen-bond acceptors (Lipinski definition) is 5. The SMILES string of the molecule is C#CCBr.CC(C)CC(NC(c1cc2ccccc2s1)C(F)(F)F)C(=O)NC(CSC(c1ccccc1)(c1ccccc1)c1ccccc1)C(N)=O. The first kappa shape index (κ1) is 40.7. The molecule has 5 rings (SSSR count). The van der Waals surface area contributed by atoms with E-state index in [0.717, 1.165) is 32.7 Å². The van der Waals surface area contributed by atoms with Gasteiger partial charge in [-0.3, -0.25) is 14.9 Å². The number of carbonyl (C=O) groups excluding carboxylic acids is 2. The maximum atomic E-state index is 14.6. The van der Waals surface area contributed by atoms with Crippen molar-refractivity contribution in [1.29, 1.82) is 0 Å². The van der Waals surface area contributed by atoms with Crippen LogP contribution in [0.3, 0.4) is 0 Å². The van der Waals surface area contributed by atoms with Crippen molar-refractivity contribution in [2.75, 3.05) is 11.1 Å². The lowest BCUT2D eigenvalue weighted by atomic mass is 9.84. The van der Waals surface area contributed by atoms with Crippen LogP contribution in [0.15, 0.2) is 121 Å². The van der Waals surface area contributed by atoms with Crippen molar-refractivity contribution >= 4 is 60.9 Å². The van der Waals surface area contributed by atoms with E-state index in [1.54, 1.807) is 24.3 Å². The summed E-state index contributed by atoms with van der Waals surface area (Å²) in [5.74, 6) is 0.799. The van der Waals surface area contributed by atoms with Gasteiger partial charge in [0.15, 0.2) is 0 Å². The average Bonchev–Trinajstić information content (AvgIpc) is 3.57. The highest BCUT2D eigenvalue weighted by atomic mass is 79.9. The monoisotopic (exact) mass is 807 g/mol.